The Labute approximate surface area is 139 Å². The van der Waals surface area contributed by atoms with E-state index in [0.717, 1.165) is 18.1 Å². The van der Waals surface area contributed by atoms with Crippen LogP contribution in [-0.4, -0.2) is 34.2 Å². The van der Waals surface area contributed by atoms with Crippen LogP contribution in [-0.2, 0) is 0 Å². The molecule has 1 aromatic carbocycles. The minimum absolute atomic E-state index is 0.144. The van der Waals surface area contributed by atoms with Crippen molar-refractivity contribution in [3.63, 3.8) is 0 Å². The Hall–Kier alpha value is -1.61. The first-order valence-corrected chi connectivity index (χ1v) is 8.50. The molecule has 0 saturated carbocycles. The Kier molecular flexibility index (Phi) is 6.20. The van der Waals surface area contributed by atoms with Crippen LogP contribution < -0.4 is 11.1 Å². The van der Waals surface area contributed by atoms with Gasteiger partial charge in [-0.05, 0) is 50.2 Å². The van der Waals surface area contributed by atoms with E-state index in [4.69, 9.17) is 10.4 Å². The molecule has 0 aliphatic carbocycles. The first-order chi connectivity index (χ1) is 10.6. The summed E-state index contributed by atoms with van der Waals surface area (Å²) >= 11 is 4.91. The molecule has 6 nitrogen and oxygen atoms in total. The monoisotopic (exact) mass is 387 g/mol. The van der Waals surface area contributed by atoms with E-state index in [2.05, 4.69) is 43.5 Å². The first-order valence-electron chi connectivity index (χ1n) is 6.55. The van der Waals surface area contributed by atoms with E-state index in [1.807, 2.05) is 0 Å². The lowest BCUT2D eigenvalue weighted by Crippen LogP contribution is -2.17. The number of nitrogens with zero attached hydrogens (tertiary/aromatic N) is 3. The van der Waals surface area contributed by atoms with Gasteiger partial charge in [0, 0.05) is 12.3 Å². The number of aromatic nitrogens is 2. The first kappa shape index (κ1) is 16.8. The number of hydrogen-bond donors (Lipinski definition) is 2. The average molecular weight is 388 g/mol. The molecule has 0 saturated heterocycles. The van der Waals surface area contributed by atoms with E-state index in [0.29, 0.717) is 21.7 Å². The lowest BCUT2D eigenvalue weighted by atomic mass is 10.3. The highest BCUT2D eigenvalue weighted by Gasteiger charge is 2.13. The van der Waals surface area contributed by atoms with Crippen LogP contribution in [0.5, 0.6) is 0 Å². The third-order valence-electron chi connectivity index (χ3n) is 2.63. The SMILES string of the molecule is CCSCCNc1nonc1C(N)=Nc1ccc(F)c(Br)c1. The number of rotatable bonds is 7. The van der Waals surface area contributed by atoms with Gasteiger partial charge in [-0.1, -0.05) is 6.92 Å². The molecule has 0 aliphatic rings. The van der Waals surface area contributed by atoms with E-state index in [1.165, 1.54) is 18.2 Å². The standard InChI is InChI=1S/C13H15BrFN5OS/c1-2-22-6-5-17-13-11(19-21-20-13)12(16)18-8-3-4-10(15)9(14)7-8/h3-4,7H,2,5-6H2,1H3,(H2,16,18)(H,17,20). The molecule has 2 aromatic rings. The van der Waals surface area contributed by atoms with Crippen molar-refractivity contribution in [2.75, 3.05) is 23.4 Å². The van der Waals surface area contributed by atoms with Gasteiger partial charge in [-0.2, -0.15) is 11.8 Å². The number of anilines is 1. The number of nitrogens with two attached hydrogens (primary N) is 1. The van der Waals surface area contributed by atoms with E-state index in [1.54, 1.807) is 11.8 Å². The van der Waals surface area contributed by atoms with Gasteiger partial charge < -0.3 is 11.1 Å². The summed E-state index contributed by atoms with van der Waals surface area (Å²) in [5.74, 6) is 2.21. The van der Waals surface area contributed by atoms with E-state index >= 15 is 0 Å². The van der Waals surface area contributed by atoms with Crippen LogP contribution in [0.1, 0.15) is 12.6 Å². The Balaban J connectivity index is 2.11. The second-order valence-electron chi connectivity index (χ2n) is 4.18. The molecule has 0 amide bonds. The van der Waals surface area contributed by atoms with Crippen molar-refractivity contribution in [3.05, 3.63) is 34.2 Å². The van der Waals surface area contributed by atoms with Crippen molar-refractivity contribution in [1.82, 2.24) is 10.3 Å². The number of benzene rings is 1. The van der Waals surface area contributed by atoms with Crippen LogP contribution in [0.3, 0.4) is 0 Å². The molecule has 0 fully saturated rings. The third kappa shape index (κ3) is 4.44. The molecule has 0 unspecified atom stereocenters. The highest BCUT2D eigenvalue weighted by atomic mass is 79.9. The maximum atomic E-state index is 13.2. The van der Waals surface area contributed by atoms with Crippen LogP contribution in [0.4, 0.5) is 15.9 Å². The molecule has 1 aromatic heterocycles. The molecule has 0 aliphatic heterocycles. The lowest BCUT2D eigenvalue weighted by molar-refractivity contribution is 0.308. The molecule has 2 rings (SSSR count). The zero-order chi connectivity index (χ0) is 15.9. The maximum absolute atomic E-state index is 13.2. The summed E-state index contributed by atoms with van der Waals surface area (Å²) in [4.78, 5) is 4.20. The molecule has 118 valence electrons. The van der Waals surface area contributed by atoms with E-state index < -0.39 is 0 Å². The summed E-state index contributed by atoms with van der Waals surface area (Å²) in [6.45, 7) is 2.81. The van der Waals surface area contributed by atoms with Crippen LogP contribution in [0.15, 0.2) is 32.3 Å². The van der Waals surface area contributed by atoms with Crippen molar-refractivity contribution in [2.24, 2.45) is 10.7 Å². The molecule has 22 heavy (non-hydrogen) atoms. The van der Waals surface area contributed by atoms with Gasteiger partial charge in [0.2, 0.25) is 5.82 Å². The summed E-state index contributed by atoms with van der Waals surface area (Å²) in [5, 5.41) is 10.6. The molecule has 1 heterocycles. The minimum Gasteiger partial charge on any atom is -0.382 e. The third-order valence-corrected chi connectivity index (χ3v) is 4.14. The summed E-state index contributed by atoms with van der Waals surface area (Å²) in [6.07, 6.45) is 0. The van der Waals surface area contributed by atoms with Gasteiger partial charge in [0.1, 0.15) is 5.82 Å². The highest BCUT2D eigenvalue weighted by molar-refractivity contribution is 9.10. The summed E-state index contributed by atoms with van der Waals surface area (Å²) in [7, 11) is 0. The normalized spacial score (nSPS) is 11.7. The average Bonchev–Trinajstić information content (AvgIpc) is 2.96. The zero-order valence-corrected chi connectivity index (χ0v) is 14.2. The molecule has 0 radical (unpaired) electrons. The van der Waals surface area contributed by atoms with Crippen molar-refractivity contribution in [3.8, 4) is 0 Å². The topological polar surface area (TPSA) is 89.3 Å². The molecule has 0 atom stereocenters. The predicted octanol–water partition coefficient (Wildman–Crippen LogP) is 3.17. The smallest absolute Gasteiger partial charge is 0.202 e. The number of aliphatic imine (C=N–C) groups is 1. The number of thioether (sulfide) groups is 1. The van der Waals surface area contributed by atoms with Crippen molar-refractivity contribution >= 4 is 45.0 Å². The maximum Gasteiger partial charge on any atom is 0.202 e. The van der Waals surface area contributed by atoms with Crippen LogP contribution in [0.2, 0.25) is 0 Å². The van der Waals surface area contributed by atoms with Gasteiger partial charge in [-0.25, -0.2) is 14.0 Å². The van der Waals surface area contributed by atoms with Crippen LogP contribution in [0, 0.1) is 5.82 Å². The van der Waals surface area contributed by atoms with E-state index in [9.17, 15) is 4.39 Å². The van der Waals surface area contributed by atoms with Gasteiger partial charge in [0.15, 0.2) is 11.5 Å². The van der Waals surface area contributed by atoms with Crippen molar-refractivity contribution in [1.29, 1.82) is 0 Å². The quantitative estimate of drug-likeness (QED) is 0.430. The van der Waals surface area contributed by atoms with Crippen LogP contribution in [0.25, 0.3) is 0 Å². The van der Waals surface area contributed by atoms with Crippen molar-refractivity contribution in [2.45, 2.75) is 6.92 Å². The molecule has 0 spiro atoms. The second kappa shape index (κ2) is 8.14. The number of nitrogens with one attached hydrogen (secondary N) is 1. The molecular formula is C13H15BrFN5OS. The summed E-state index contributed by atoms with van der Waals surface area (Å²) in [6, 6.07) is 4.35. The van der Waals surface area contributed by atoms with Crippen LogP contribution >= 0.6 is 27.7 Å². The molecule has 0 bridgehead atoms. The second-order valence-corrected chi connectivity index (χ2v) is 6.43. The molecule has 3 N–H and O–H groups in total. The van der Waals surface area contributed by atoms with Gasteiger partial charge in [0.05, 0.1) is 10.2 Å². The largest absolute Gasteiger partial charge is 0.382 e. The predicted molar refractivity (Wildman–Crippen MR) is 90.3 cm³/mol. The fourth-order valence-electron chi connectivity index (χ4n) is 1.61. The molecular weight excluding hydrogens is 373 g/mol. The molecule has 9 heteroatoms. The highest BCUT2D eigenvalue weighted by Crippen LogP contribution is 2.23. The number of amidine groups is 1. The lowest BCUT2D eigenvalue weighted by Gasteiger charge is -2.03. The Morgan fingerprint density at radius 1 is 1.50 bits per heavy atom. The fraction of sp³-hybridized carbons (Fsp3) is 0.308. The summed E-state index contributed by atoms with van der Waals surface area (Å²) < 4.78 is 18.2. The minimum atomic E-state index is -0.364. The number of hydrogen-bond acceptors (Lipinski definition) is 6. The Morgan fingerprint density at radius 2 is 2.32 bits per heavy atom. The Bertz CT molecular complexity index is 664. The van der Waals surface area contributed by atoms with Gasteiger partial charge in [-0.3, -0.25) is 0 Å². The zero-order valence-electron chi connectivity index (χ0n) is 11.8. The number of halogens is 2. The fourth-order valence-corrected chi connectivity index (χ4v) is 2.51. The van der Waals surface area contributed by atoms with Gasteiger partial charge in [0.25, 0.3) is 0 Å². The van der Waals surface area contributed by atoms with E-state index in [-0.39, 0.29) is 11.7 Å². The van der Waals surface area contributed by atoms with Gasteiger partial charge in [-0.15, -0.1) is 0 Å². The van der Waals surface area contributed by atoms with Gasteiger partial charge >= 0.3 is 0 Å². The Morgan fingerprint density at radius 3 is 3.05 bits per heavy atom. The van der Waals surface area contributed by atoms with Crippen molar-refractivity contribution < 1.29 is 9.02 Å². The summed E-state index contributed by atoms with van der Waals surface area (Å²) in [5.41, 5.74) is 6.76.